The van der Waals surface area contributed by atoms with Gasteiger partial charge >= 0.3 is 6.18 Å². The molecule has 0 saturated heterocycles. The molecule has 1 amide bonds. The summed E-state index contributed by atoms with van der Waals surface area (Å²) in [6.07, 6.45) is 4.69. The number of nitrogens with zero attached hydrogens (tertiary/aromatic N) is 3. The van der Waals surface area contributed by atoms with Gasteiger partial charge in [0.05, 0.1) is 23.0 Å². The SMILES string of the molecule is O=C(NC1CCCCc2nn(-c3ccnc(C4CC4)c3)cc21)c1cc(Cl)cc(C(F)(F)F)c1. The van der Waals surface area contributed by atoms with Crippen LogP contribution in [0.4, 0.5) is 13.2 Å². The van der Waals surface area contributed by atoms with E-state index >= 15 is 0 Å². The average Bonchev–Trinajstić information content (AvgIpc) is 3.57. The number of benzene rings is 1. The number of hydrogen-bond acceptors (Lipinski definition) is 3. The lowest BCUT2D eigenvalue weighted by atomic mass is 10.0. The van der Waals surface area contributed by atoms with Gasteiger partial charge in [-0.05, 0) is 62.4 Å². The van der Waals surface area contributed by atoms with Crippen molar-refractivity contribution in [2.45, 2.75) is 56.7 Å². The van der Waals surface area contributed by atoms with Crippen LogP contribution in [-0.4, -0.2) is 20.7 Å². The van der Waals surface area contributed by atoms with Gasteiger partial charge in [0, 0.05) is 40.2 Å². The van der Waals surface area contributed by atoms with Crippen molar-refractivity contribution < 1.29 is 18.0 Å². The molecule has 2 heterocycles. The Bertz CT molecular complexity index is 1200. The number of pyridine rings is 1. The molecule has 1 fully saturated rings. The highest BCUT2D eigenvalue weighted by Crippen LogP contribution is 2.39. The molecule has 3 aromatic rings. The quantitative estimate of drug-likeness (QED) is 0.471. The lowest BCUT2D eigenvalue weighted by molar-refractivity contribution is -0.137. The van der Waals surface area contributed by atoms with Crippen molar-refractivity contribution in [2.75, 3.05) is 0 Å². The van der Waals surface area contributed by atoms with Crippen LogP contribution in [0.3, 0.4) is 0 Å². The first-order chi connectivity index (χ1) is 15.8. The highest BCUT2D eigenvalue weighted by molar-refractivity contribution is 6.31. The van der Waals surface area contributed by atoms with Gasteiger partial charge in [-0.25, -0.2) is 4.68 Å². The van der Waals surface area contributed by atoms with E-state index in [0.717, 1.165) is 66.9 Å². The van der Waals surface area contributed by atoms with Gasteiger partial charge in [0.2, 0.25) is 0 Å². The zero-order valence-electron chi connectivity index (χ0n) is 17.7. The summed E-state index contributed by atoms with van der Waals surface area (Å²) in [6.45, 7) is 0. The third-order valence-corrected chi connectivity index (χ3v) is 6.39. The third-order valence-electron chi connectivity index (χ3n) is 6.17. The molecule has 2 aromatic heterocycles. The maximum atomic E-state index is 13.2. The van der Waals surface area contributed by atoms with Crippen molar-refractivity contribution in [3.8, 4) is 5.69 Å². The highest BCUT2D eigenvalue weighted by Gasteiger charge is 2.32. The van der Waals surface area contributed by atoms with E-state index in [-0.39, 0.29) is 16.6 Å². The van der Waals surface area contributed by atoms with E-state index in [2.05, 4.69) is 10.3 Å². The van der Waals surface area contributed by atoms with Crippen LogP contribution >= 0.6 is 11.6 Å². The second-order valence-electron chi connectivity index (χ2n) is 8.69. The molecule has 1 aromatic carbocycles. The first-order valence-corrected chi connectivity index (χ1v) is 11.4. The highest BCUT2D eigenvalue weighted by atomic mass is 35.5. The molecule has 2 aliphatic rings. The molecule has 1 atom stereocenters. The smallest absolute Gasteiger partial charge is 0.345 e. The summed E-state index contributed by atoms with van der Waals surface area (Å²) in [5, 5.41) is 7.54. The van der Waals surface area contributed by atoms with E-state index in [0.29, 0.717) is 12.3 Å². The summed E-state index contributed by atoms with van der Waals surface area (Å²) in [5.74, 6) is -0.0711. The third kappa shape index (κ3) is 4.76. The van der Waals surface area contributed by atoms with Gasteiger partial charge in [-0.15, -0.1) is 0 Å². The molecule has 5 rings (SSSR count). The second-order valence-corrected chi connectivity index (χ2v) is 9.12. The fourth-order valence-electron chi connectivity index (χ4n) is 4.29. The molecule has 0 spiro atoms. The molecule has 0 radical (unpaired) electrons. The Morgan fingerprint density at radius 3 is 2.70 bits per heavy atom. The Morgan fingerprint density at radius 2 is 1.94 bits per heavy atom. The predicted octanol–water partition coefficient (Wildman–Crippen LogP) is 6.01. The number of alkyl halides is 3. The molecule has 1 unspecified atom stereocenters. The lowest BCUT2D eigenvalue weighted by Gasteiger charge is -2.17. The van der Waals surface area contributed by atoms with E-state index < -0.39 is 17.6 Å². The van der Waals surface area contributed by atoms with Crippen LogP contribution in [-0.2, 0) is 12.6 Å². The number of hydrogen-bond donors (Lipinski definition) is 1. The number of aromatic nitrogens is 3. The van der Waals surface area contributed by atoms with Gasteiger partial charge < -0.3 is 5.32 Å². The number of halogens is 4. The number of carbonyl (C=O) groups is 1. The second kappa shape index (κ2) is 8.48. The fourth-order valence-corrected chi connectivity index (χ4v) is 4.53. The summed E-state index contributed by atoms with van der Waals surface area (Å²) >= 11 is 5.86. The molecule has 0 bridgehead atoms. The lowest BCUT2D eigenvalue weighted by Crippen LogP contribution is -2.28. The fraction of sp³-hybridized carbons (Fsp3) is 0.375. The first-order valence-electron chi connectivity index (χ1n) is 11.0. The van der Waals surface area contributed by atoms with Gasteiger partial charge in [-0.3, -0.25) is 9.78 Å². The van der Waals surface area contributed by atoms with Crippen LogP contribution in [0.15, 0.2) is 42.7 Å². The van der Waals surface area contributed by atoms with Gasteiger partial charge in [0.15, 0.2) is 0 Å². The van der Waals surface area contributed by atoms with Crippen molar-refractivity contribution in [3.05, 3.63) is 75.8 Å². The molecule has 0 aliphatic heterocycles. The molecule has 5 nitrogen and oxygen atoms in total. The van der Waals surface area contributed by atoms with Gasteiger partial charge in [0.25, 0.3) is 5.91 Å². The minimum Gasteiger partial charge on any atom is -0.345 e. The van der Waals surface area contributed by atoms with E-state index in [1.54, 1.807) is 6.20 Å². The summed E-state index contributed by atoms with van der Waals surface area (Å²) in [6, 6.07) is 6.50. The predicted molar refractivity (Wildman–Crippen MR) is 118 cm³/mol. The monoisotopic (exact) mass is 474 g/mol. The summed E-state index contributed by atoms with van der Waals surface area (Å²) < 4.78 is 41.3. The molecule has 33 heavy (non-hydrogen) atoms. The molecular weight excluding hydrogens is 453 g/mol. The van der Waals surface area contributed by atoms with E-state index in [1.807, 2.05) is 23.0 Å². The average molecular weight is 475 g/mol. The van der Waals surface area contributed by atoms with Crippen LogP contribution in [0.25, 0.3) is 5.69 Å². The number of aryl methyl sites for hydroxylation is 1. The van der Waals surface area contributed by atoms with Crippen LogP contribution in [0.2, 0.25) is 5.02 Å². The van der Waals surface area contributed by atoms with Gasteiger partial charge in [-0.1, -0.05) is 18.0 Å². The van der Waals surface area contributed by atoms with Gasteiger partial charge in [-0.2, -0.15) is 18.3 Å². The van der Waals surface area contributed by atoms with Crippen LogP contribution in [0.5, 0.6) is 0 Å². The minimum atomic E-state index is -4.58. The Kier molecular flexibility index (Phi) is 5.64. The number of nitrogens with one attached hydrogen (secondary N) is 1. The number of amides is 1. The van der Waals surface area contributed by atoms with E-state index in [9.17, 15) is 18.0 Å². The van der Waals surface area contributed by atoms with E-state index in [1.165, 1.54) is 6.07 Å². The largest absolute Gasteiger partial charge is 0.416 e. The van der Waals surface area contributed by atoms with Crippen LogP contribution in [0, 0.1) is 0 Å². The topological polar surface area (TPSA) is 59.8 Å². The maximum absolute atomic E-state index is 13.2. The molecule has 9 heteroatoms. The van der Waals surface area contributed by atoms with E-state index in [4.69, 9.17) is 16.7 Å². The molecular formula is C24H22ClF3N4O. The van der Waals surface area contributed by atoms with Crippen molar-refractivity contribution in [1.82, 2.24) is 20.1 Å². The number of fused-ring (bicyclic) bond motifs is 1. The molecule has 1 saturated carbocycles. The van der Waals surface area contributed by atoms with Crippen LogP contribution in [0.1, 0.15) is 76.9 Å². The summed E-state index contributed by atoms with van der Waals surface area (Å²) in [4.78, 5) is 17.4. The molecule has 2 aliphatic carbocycles. The Balaban J connectivity index is 1.42. The van der Waals surface area contributed by atoms with Crippen molar-refractivity contribution in [1.29, 1.82) is 0 Å². The van der Waals surface area contributed by atoms with Gasteiger partial charge in [0.1, 0.15) is 0 Å². The van der Waals surface area contributed by atoms with Crippen molar-refractivity contribution in [2.24, 2.45) is 0 Å². The normalized spacial score (nSPS) is 18.5. The Labute approximate surface area is 194 Å². The Morgan fingerprint density at radius 1 is 1.12 bits per heavy atom. The first kappa shape index (κ1) is 21.9. The van der Waals surface area contributed by atoms with Crippen molar-refractivity contribution >= 4 is 17.5 Å². The summed E-state index contributed by atoms with van der Waals surface area (Å²) in [5.41, 5.74) is 2.70. The standard InChI is InChI=1S/C24H22ClF3N4O/c25-17-10-15(9-16(11-17)24(26,27)28)23(33)30-20-3-1-2-4-21-19(20)13-32(31-21)18-7-8-29-22(12-18)14-5-6-14/h7-14,20H,1-6H2,(H,30,33). The zero-order valence-corrected chi connectivity index (χ0v) is 18.5. The maximum Gasteiger partial charge on any atom is 0.416 e. The zero-order chi connectivity index (χ0) is 23.2. The number of carbonyl (C=O) groups excluding carboxylic acids is 1. The van der Waals surface area contributed by atoms with Crippen LogP contribution < -0.4 is 5.32 Å². The van der Waals surface area contributed by atoms with Crippen molar-refractivity contribution in [3.63, 3.8) is 0 Å². The molecule has 1 N–H and O–H groups in total. The number of rotatable bonds is 4. The summed E-state index contributed by atoms with van der Waals surface area (Å²) in [7, 11) is 0. The molecule has 172 valence electrons. The minimum absolute atomic E-state index is 0.115. The Hall–Kier alpha value is -2.87.